The smallest absolute Gasteiger partial charge is 0.255 e. The van der Waals surface area contributed by atoms with Crippen molar-refractivity contribution < 1.29 is 4.79 Å². The van der Waals surface area contributed by atoms with Gasteiger partial charge in [-0.05, 0) is 24.2 Å². The number of rotatable bonds is 3. The molecule has 4 heteroatoms. The summed E-state index contributed by atoms with van der Waals surface area (Å²) in [4.78, 5) is 17.2. The van der Waals surface area contributed by atoms with E-state index in [1.807, 2.05) is 23.1 Å². The van der Waals surface area contributed by atoms with E-state index in [2.05, 4.69) is 36.1 Å². The molecule has 1 heterocycles. The van der Waals surface area contributed by atoms with Crippen LogP contribution in [0, 0.1) is 0 Å². The third-order valence-corrected chi connectivity index (χ3v) is 4.80. The van der Waals surface area contributed by atoms with Crippen LogP contribution in [0.1, 0.15) is 28.9 Å². The molecular weight excluding hydrogens is 308 g/mol. The fraction of sp³-hybridized carbons (Fsp3) is 0.316. The van der Waals surface area contributed by atoms with E-state index in [0.29, 0.717) is 17.1 Å². The van der Waals surface area contributed by atoms with E-state index in [1.165, 1.54) is 5.56 Å². The highest BCUT2D eigenvalue weighted by atomic mass is 35.5. The molecule has 1 amide bonds. The number of carbonyl (C=O) groups is 1. The molecule has 1 aliphatic rings. The second kappa shape index (κ2) is 7.16. The molecule has 0 N–H and O–H groups in total. The maximum atomic E-state index is 12.8. The van der Waals surface area contributed by atoms with E-state index < -0.39 is 0 Å². The van der Waals surface area contributed by atoms with Crippen molar-refractivity contribution in [3.63, 3.8) is 0 Å². The highest BCUT2D eigenvalue weighted by molar-refractivity contribution is 6.33. The number of benzene rings is 2. The van der Waals surface area contributed by atoms with Crippen molar-refractivity contribution >= 4 is 17.5 Å². The fourth-order valence-electron chi connectivity index (χ4n) is 3.18. The molecule has 2 aromatic carbocycles. The first-order chi connectivity index (χ1) is 11.2. The van der Waals surface area contributed by atoms with Crippen molar-refractivity contribution in [3.05, 3.63) is 70.7 Å². The predicted molar refractivity (Wildman–Crippen MR) is 93.8 cm³/mol. The first-order valence-electron chi connectivity index (χ1n) is 8.03. The number of hydrogen-bond acceptors (Lipinski definition) is 2. The number of likely N-dealkylation sites (N-methyl/N-ethyl adjacent to an activating group) is 1. The Balaban J connectivity index is 1.83. The van der Waals surface area contributed by atoms with Gasteiger partial charge in [0.1, 0.15) is 0 Å². The first-order valence-corrected chi connectivity index (χ1v) is 8.41. The number of carbonyl (C=O) groups excluding carboxylic acids is 1. The number of nitrogens with zero attached hydrogens (tertiary/aromatic N) is 2. The number of amides is 1. The van der Waals surface area contributed by atoms with Crippen molar-refractivity contribution in [1.82, 2.24) is 9.80 Å². The summed E-state index contributed by atoms with van der Waals surface area (Å²) < 4.78 is 0. The Labute approximate surface area is 142 Å². The molecule has 1 aliphatic heterocycles. The lowest BCUT2D eigenvalue weighted by molar-refractivity contribution is 0.0495. The summed E-state index contributed by atoms with van der Waals surface area (Å²) >= 11 is 6.19. The van der Waals surface area contributed by atoms with Gasteiger partial charge >= 0.3 is 0 Å². The van der Waals surface area contributed by atoms with E-state index in [-0.39, 0.29) is 11.9 Å². The van der Waals surface area contributed by atoms with E-state index in [4.69, 9.17) is 11.6 Å². The zero-order chi connectivity index (χ0) is 16.2. The summed E-state index contributed by atoms with van der Waals surface area (Å²) in [7, 11) is 0. The van der Waals surface area contributed by atoms with Gasteiger partial charge < -0.3 is 4.90 Å². The topological polar surface area (TPSA) is 23.6 Å². The molecule has 1 saturated heterocycles. The van der Waals surface area contributed by atoms with Crippen LogP contribution >= 0.6 is 11.6 Å². The van der Waals surface area contributed by atoms with E-state index >= 15 is 0 Å². The van der Waals surface area contributed by atoms with Gasteiger partial charge in [-0.1, -0.05) is 61.0 Å². The summed E-state index contributed by atoms with van der Waals surface area (Å²) in [5, 5.41) is 0.520. The second-order valence-electron chi connectivity index (χ2n) is 5.79. The lowest BCUT2D eigenvalue weighted by atomic mass is 10.0. The molecule has 0 saturated carbocycles. The van der Waals surface area contributed by atoms with Crippen LogP contribution in [0.2, 0.25) is 5.02 Å². The second-order valence-corrected chi connectivity index (χ2v) is 6.19. The van der Waals surface area contributed by atoms with Gasteiger partial charge in [-0.2, -0.15) is 0 Å². The van der Waals surface area contributed by atoms with Gasteiger partial charge in [0.15, 0.2) is 0 Å². The lowest BCUT2D eigenvalue weighted by Gasteiger charge is -2.41. The summed E-state index contributed by atoms with van der Waals surface area (Å²) in [6.45, 7) is 5.46. The Morgan fingerprint density at radius 1 is 1.09 bits per heavy atom. The fourth-order valence-corrected chi connectivity index (χ4v) is 3.40. The van der Waals surface area contributed by atoms with Crippen molar-refractivity contribution in [2.75, 3.05) is 26.2 Å². The molecule has 1 fully saturated rings. The monoisotopic (exact) mass is 328 g/mol. The Bertz CT molecular complexity index is 674. The van der Waals surface area contributed by atoms with Crippen molar-refractivity contribution in [3.8, 4) is 0 Å². The molecule has 2 aromatic rings. The molecule has 0 spiro atoms. The van der Waals surface area contributed by atoms with Gasteiger partial charge in [-0.25, -0.2) is 0 Å². The van der Waals surface area contributed by atoms with Crippen LogP contribution in [-0.2, 0) is 0 Å². The maximum absolute atomic E-state index is 12.8. The zero-order valence-electron chi connectivity index (χ0n) is 13.3. The van der Waals surface area contributed by atoms with E-state index in [0.717, 1.165) is 19.6 Å². The average molecular weight is 329 g/mol. The van der Waals surface area contributed by atoms with Gasteiger partial charge in [0.25, 0.3) is 5.91 Å². The summed E-state index contributed by atoms with van der Waals surface area (Å²) in [5.41, 5.74) is 1.84. The molecule has 0 bridgehead atoms. The highest BCUT2D eigenvalue weighted by Crippen LogP contribution is 2.27. The van der Waals surface area contributed by atoms with Crippen LogP contribution in [-0.4, -0.2) is 41.9 Å². The minimum atomic E-state index is 0.0206. The average Bonchev–Trinajstić information content (AvgIpc) is 2.62. The molecule has 120 valence electrons. The van der Waals surface area contributed by atoms with Gasteiger partial charge in [0.2, 0.25) is 0 Å². The molecular formula is C19H21ClN2O. The summed E-state index contributed by atoms with van der Waals surface area (Å²) in [5.74, 6) is 0.0206. The van der Waals surface area contributed by atoms with Crippen LogP contribution in [0.15, 0.2) is 54.6 Å². The molecule has 3 rings (SSSR count). The van der Waals surface area contributed by atoms with Crippen LogP contribution in [0.4, 0.5) is 0 Å². The number of halogens is 1. The van der Waals surface area contributed by atoms with Gasteiger partial charge in [0.05, 0.1) is 16.6 Å². The largest absolute Gasteiger partial charge is 0.335 e. The SMILES string of the molecule is CCN1CCN(C(=O)c2ccccc2Cl)CC1c1ccccc1. The van der Waals surface area contributed by atoms with Gasteiger partial charge in [-0.3, -0.25) is 9.69 Å². The Morgan fingerprint density at radius 2 is 1.78 bits per heavy atom. The summed E-state index contributed by atoms with van der Waals surface area (Å²) in [6, 6.07) is 17.9. The third kappa shape index (κ3) is 3.41. The summed E-state index contributed by atoms with van der Waals surface area (Å²) in [6.07, 6.45) is 0. The normalized spacial score (nSPS) is 18.9. The molecule has 1 atom stereocenters. The highest BCUT2D eigenvalue weighted by Gasteiger charge is 2.30. The quantitative estimate of drug-likeness (QED) is 0.854. The minimum Gasteiger partial charge on any atom is -0.335 e. The van der Waals surface area contributed by atoms with E-state index in [1.54, 1.807) is 12.1 Å². The van der Waals surface area contributed by atoms with Gasteiger partial charge in [-0.15, -0.1) is 0 Å². The van der Waals surface area contributed by atoms with Crippen LogP contribution in [0.25, 0.3) is 0 Å². The van der Waals surface area contributed by atoms with Crippen LogP contribution in [0.5, 0.6) is 0 Å². The molecule has 0 radical (unpaired) electrons. The first kappa shape index (κ1) is 16.0. The Kier molecular flexibility index (Phi) is 4.99. The van der Waals surface area contributed by atoms with Crippen LogP contribution in [0.3, 0.4) is 0 Å². The molecule has 0 aromatic heterocycles. The molecule has 0 aliphatic carbocycles. The van der Waals surface area contributed by atoms with Crippen molar-refractivity contribution in [1.29, 1.82) is 0 Å². The minimum absolute atomic E-state index is 0.0206. The predicted octanol–water partition coefficient (Wildman–Crippen LogP) is 3.86. The van der Waals surface area contributed by atoms with Gasteiger partial charge in [0, 0.05) is 19.6 Å². The third-order valence-electron chi connectivity index (χ3n) is 4.47. The molecule has 1 unspecified atom stereocenters. The van der Waals surface area contributed by atoms with E-state index in [9.17, 15) is 4.79 Å². The Morgan fingerprint density at radius 3 is 2.48 bits per heavy atom. The number of hydrogen-bond donors (Lipinski definition) is 0. The molecule has 3 nitrogen and oxygen atoms in total. The number of piperazine rings is 1. The Hall–Kier alpha value is -1.84. The standard InChI is InChI=1S/C19H21ClN2O/c1-2-21-12-13-22(14-18(21)15-8-4-3-5-9-15)19(23)16-10-6-7-11-17(16)20/h3-11,18H,2,12-14H2,1H3. The maximum Gasteiger partial charge on any atom is 0.255 e. The van der Waals surface area contributed by atoms with Crippen LogP contribution < -0.4 is 0 Å². The zero-order valence-corrected chi connectivity index (χ0v) is 14.0. The van der Waals surface area contributed by atoms with Crippen molar-refractivity contribution in [2.45, 2.75) is 13.0 Å². The molecule has 23 heavy (non-hydrogen) atoms. The lowest BCUT2D eigenvalue weighted by Crippen LogP contribution is -2.50. The van der Waals surface area contributed by atoms with Crippen molar-refractivity contribution in [2.24, 2.45) is 0 Å².